The fourth-order valence-electron chi connectivity index (χ4n) is 4.11. The Morgan fingerprint density at radius 3 is 2.69 bits per heavy atom. The third kappa shape index (κ3) is 4.89. The van der Waals surface area contributed by atoms with E-state index in [1.807, 2.05) is 71.6 Å². The van der Waals surface area contributed by atoms with Crippen LogP contribution in [0.1, 0.15) is 17.4 Å². The minimum absolute atomic E-state index is 0.0822. The average molecular weight is 517 g/mol. The normalized spacial score (nSPS) is 14.5. The second-order valence-electron chi connectivity index (χ2n) is 8.14. The van der Waals surface area contributed by atoms with Gasteiger partial charge in [0.25, 0.3) is 5.91 Å². The van der Waals surface area contributed by atoms with Crippen LogP contribution >= 0.6 is 23.6 Å². The predicted octanol–water partition coefficient (Wildman–Crippen LogP) is 4.68. The lowest BCUT2D eigenvalue weighted by atomic mass is 10.1. The van der Waals surface area contributed by atoms with Gasteiger partial charge in [0.05, 0.1) is 18.8 Å². The quantitative estimate of drug-likeness (QED) is 0.263. The highest BCUT2D eigenvalue weighted by molar-refractivity contribution is 7.80. The molecule has 0 aliphatic carbocycles. The third-order valence-electron chi connectivity index (χ3n) is 5.76. The Bertz CT molecular complexity index is 1460. The molecular weight excluding hydrogens is 492 g/mol. The molecule has 5 rings (SSSR count). The van der Waals surface area contributed by atoms with E-state index in [9.17, 15) is 9.59 Å². The van der Waals surface area contributed by atoms with Crippen molar-refractivity contribution >= 4 is 63.1 Å². The minimum atomic E-state index is -0.241. The van der Waals surface area contributed by atoms with Gasteiger partial charge < -0.3 is 19.9 Å². The molecule has 36 heavy (non-hydrogen) atoms. The molecule has 0 atom stereocenters. The molecule has 0 unspecified atom stereocenters. The summed E-state index contributed by atoms with van der Waals surface area (Å²) in [5.41, 5.74) is 2.77. The van der Waals surface area contributed by atoms with Crippen LogP contribution in [0.5, 0.6) is 5.75 Å². The summed E-state index contributed by atoms with van der Waals surface area (Å²) < 4.78 is 7.38. The van der Waals surface area contributed by atoms with E-state index in [2.05, 4.69) is 10.6 Å². The average Bonchev–Trinajstić information content (AvgIpc) is 3.58. The Hall–Kier alpha value is -3.95. The Labute approximate surface area is 218 Å². The summed E-state index contributed by atoms with van der Waals surface area (Å²) >= 11 is 7.07. The number of para-hydroxylation sites is 1. The highest BCUT2D eigenvalue weighted by Gasteiger charge is 2.32. The molecule has 7 nitrogen and oxygen atoms in total. The molecule has 1 aliphatic heterocycles. The molecule has 2 aromatic heterocycles. The maximum absolute atomic E-state index is 13.3. The first-order valence-corrected chi connectivity index (χ1v) is 12.8. The number of nitrogens with zero attached hydrogens (tertiary/aromatic N) is 2. The maximum atomic E-state index is 13.3. The van der Waals surface area contributed by atoms with Gasteiger partial charge in [0.2, 0.25) is 5.91 Å². The lowest BCUT2D eigenvalue weighted by Crippen LogP contribution is -2.30. The van der Waals surface area contributed by atoms with E-state index < -0.39 is 0 Å². The van der Waals surface area contributed by atoms with Crippen LogP contribution < -0.4 is 20.3 Å². The number of thiocarbonyl (C=S) groups is 1. The number of rotatable bonds is 8. The molecule has 182 valence electrons. The largest absolute Gasteiger partial charge is 0.494 e. The molecule has 1 aliphatic rings. The van der Waals surface area contributed by atoms with E-state index in [0.29, 0.717) is 29.6 Å². The lowest BCUT2D eigenvalue weighted by Gasteiger charge is -2.14. The van der Waals surface area contributed by atoms with E-state index in [-0.39, 0.29) is 18.4 Å². The van der Waals surface area contributed by atoms with Crippen molar-refractivity contribution in [3.8, 4) is 5.75 Å². The van der Waals surface area contributed by atoms with E-state index in [1.165, 1.54) is 4.90 Å². The Morgan fingerprint density at radius 1 is 1.14 bits per heavy atom. The van der Waals surface area contributed by atoms with Gasteiger partial charge in [-0.3, -0.25) is 14.5 Å². The summed E-state index contributed by atoms with van der Waals surface area (Å²) in [4.78, 5) is 28.4. The zero-order valence-corrected chi connectivity index (χ0v) is 21.2. The number of hydrogen-bond acceptors (Lipinski definition) is 5. The summed E-state index contributed by atoms with van der Waals surface area (Å²) in [6.45, 7) is 3.17. The van der Waals surface area contributed by atoms with Crippen molar-refractivity contribution in [1.29, 1.82) is 0 Å². The van der Waals surface area contributed by atoms with Crippen LogP contribution in [0.25, 0.3) is 17.0 Å². The second kappa shape index (κ2) is 10.3. The van der Waals surface area contributed by atoms with Crippen molar-refractivity contribution in [2.75, 3.05) is 11.5 Å². The predicted molar refractivity (Wildman–Crippen MR) is 147 cm³/mol. The van der Waals surface area contributed by atoms with Crippen molar-refractivity contribution in [3.05, 3.63) is 88.4 Å². The first-order chi connectivity index (χ1) is 17.5. The van der Waals surface area contributed by atoms with Gasteiger partial charge >= 0.3 is 0 Å². The Kier molecular flexibility index (Phi) is 6.84. The summed E-state index contributed by atoms with van der Waals surface area (Å²) in [6, 6.07) is 19.0. The van der Waals surface area contributed by atoms with Gasteiger partial charge in [0, 0.05) is 27.5 Å². The highest BCUT2D eigenvalue weighted by atomic mass is 32.1. The van der Waals surface area contributed by atoms with Gasteiger partial charge in [-0.15, -0.1) is 11.3 Å². The van der Waals surface area contributed by atoms with Crippen LogP contribution in [-0.4, -0.2) is 28.1 Å². The minimum Gasteiger partial charge on any atom is -0.494 e. The molecule has 1 fully saturated rings. The summed E-state index contributed by atoms with van der Waals surface area (Å²) in [7, 11) is 0. The van der Waals surface area contributed by atoms with Crippen molar-refractivity contribution < 1.29 is 14.3 Å². The van der Waals surface area contributed by atoms with E-state index in [4.69, 9.17) is 17.0 Å². The molecule has 0 bridgehead atoms. The van der Waals surface area contributed by atoms with Crippen LogP contribution in [0.3, 0.4) is 0 Å². The number of hydrogen-bond donors (Lipinski definition) is 2. The molecular formula is C27H24N4O3S2. The van der Waals surface area contributed by atoms with Gasteiger partial charge in [0.15, 0.2) is 5.11 Å². The molecule has 0 radical (unpaired) electrons. The number of fused-ring (bicyclic) bond motifs is 1. The van der Waals surface area contributed by atoms with Crippen molar-refractivity contribution in [2.24, 2.45) is 0 Å². The molecule has 0 saturated carbocycles. The zero-order valence-electron chi connectivity index (χ0n) is 19.6. The van der Waals surface area contributed by atoms with Crippen LogP contribution in [0.4, 0.5) is 5.69 Å². The first kappa shape index (κ1) is 23.8. The van der Waals surface area contributed by atoms with Gasteiger partial charge in [-0.25, -0.2) is 0 Å². The van der Waals surface area contributed by atoms with E-state index in [0.717, 1.165) is 27.1 Å². The number of carbonyl (C=O) groups excluding carboxylic acids is 2. The molecule has 0 spiro atoms. The van der Waals surface area contributed by atoms with Gasteiger partial charge in [-0.2, -0.15) is 0 Å². The number of aromatic nitrogens is 1. The number of benzene rings is 2. The molecule has 1 saturated heterocycles. The fraction of sp³-hybridized carbons (Fsp3) is 0.148. The number of amides is 2. The van der Waals surface area contributed by atoms with E-state index >= 15 is 0 Å². The van der Waals surface area contributed by atoms with Crippen LogP contribution in [0.15, 0.2) is 77.9 Å². The fourth-order valence-corrected chi connectivity index (χ4v) is 5.06. The third-order valence-corrected chi connectivity index (χ3v) is 6.92. The molecule has 9 heteroatoms. The maximum Gasteiger partial charge on any atom is 0.281 e. The standard InChI is InChI=1S/C27H24N4O3S2/c1-2-34-20-11-9-19(10-12-20)31-26(33)23(29-27(31)35)14-18-16-30(24-8-4-3-7-22(18)24)17-25(32)28-15-21-6-5-13-36-21/h3-14,16H,2,15,17H2,1H3,(H,28,32)(H,29,35)/b23-14-. The summed E-state index contributed by atoms with van der Waals surface area (Å²) in [6.07, 6.45) is 3.67. The Morgan fingerprint density at radius 2 is 1.94 bits per heavy atom. The van der Waals surface area contributed by atoms with E-state index in [1.54, 1.807) is 29.5 Å². The van der Waals surface area contributed by atoms with Crippen molar-refractivity contribution in [1.82, 2.24) is 15.2 Å². The van der Waals surface area contributed by atoms with Crippen molar-refractivity contribution in [2.45, 2.75) is 20.0 Å². The molecule has 2 amide bonds. The van der Waals surface area contributed by atoms with Crippen LogP contribution in [0.2, 0.25) is 0 Å². The van der Waals surface area contributed by atoms with Crippen LogP contribution in [0, 0.1) is 0 Å². The summed E-state index contributed by atoms with van der Waals surface area (Å²) in [5.74, 6) is 0.408. The first-order valence-electron chi connectivity index (χ1n) is 11.5. The molecule has 4 aromatic rings. The van der Waals surface area contributed by atoms with Gasteiger partial charge in [-0.1, -0.05) is 24.3 Å². The number of anilines is 1. The summed E-state index contributed by atoms with van der Waals surface area (Å²) in [5, 5.41) is 9.25. The number of nitrogens with one attached hydrogen (secondary N) is 2. The Balaban J connectivity index is 1.38. The lowest BCUT2D eigenvalue weighted by molar-refractivity contribution is -0.121. The van der Waals surface area contributed by atoms with Gasteiger partial charge in [0.1, 0.15) is 18.0 Å². The molecule has 2 N–H and O–H groups in total. The monoisotopic (exact) mass is 516 g/mol. The second-order valence-corrected chi connectivity index (χ2v) is 9.56. The SMILES string of the molecule is CCOc1ccc(N2C(=O)/C(=C/c3cn(CC(=O)NCc4cccs4)c4ccccc34)NC2=S)cc1. The highest BCUT2D eigenvalue weighted by Crippen LogP contribution is 2.28. The van der Waals surface area contributed by atoms with Crippen LogP contribution in [-0.2, 0) is 22.7 Å². The number of carbonyl (C=O) groups is 2. The van der Waals surface area contributed by atoms with Crippen molar-refractivity contribution in [3.63, 3.8) is 0 Å². The smallest absolute Gasteiger partial charge is 0.281 e. The molecule has 3 heterocycles. The molecule has 2 aromatic carbocycles. The number of thiophene rings is 1. The zero-order chi connectivity index (χ0) is 25.1. The number of ether oxygens (including phenoxy) is 1. The topological polar surface area (TPSA) is 75.6 Å². The van der Waals surface area contributed by atoms with Gasteiger partial charge in [-0.05, 0) is 67.0 Å².